The minimum Gasteiger partial charge on any atom is -0.321 e. The Balaban J connectivity index is 2.12. The van der Waals surface area contributed by atoms with Crippen molar-refractivity contribution < 1.29 is 4.57 Å². The lowest BCUT2D eigenvalue weighted by atomic mass is 9.69. The molecule has 120 valence electrons. The first-order valence-corrected chi connectivity index (χ1v) is 9.45. The third-order valence-electron chi connectivity index (χ3n) is 5.67. The molecule has 0 saturated heterocycles. The fourth-order valence-electron chi connectivity index (χ4n) is 4.44. The van der Waals surface area contributed by atoms with E-state index < -0.39 is 0 Å². The van der Waals surface area contributed by atoms with Crippen molar-refractivity contribution >= 4 is 13.8 Å². The maximum atomic E-state index is 11.8. The van der Waals surface area contributed by atoms with Crippen LogP contribution in [0.25, 0.3) is 0 Å². The summed E-state index contributed by atoms with van der Waals surface area (Å²) >= 11 is 0. The van der Waals surface area contributed by atoms with E-state index in [2.05, 4.69) is 6.07 Å². The Morgan fingerprint density at radius 2 is 1.36 bits per heavy atom. The van der Waals surface area contributed by atoms with E-state index in [1.165, 1.54) is 25.7 Å². The van der Waals surface area contributed by atoms with Gasteiger partial charge in [-0.25, -0.2) is 0 Å². The van der Waals surface area contributed by atoms with E-state index in [1.807, 2.05) is 12.1 Å². The van der Waals surface area contributed by atoms with Gasteiger partial charge >= 0.3 is 0 Å². The molecule has 1 aromatic carbocycles. The molecule has 2 aliphatic carbocycles. The topological polar surface area (TPSA) is 69.1 Å². The normalized spacial score (nSPS) is 24.3. The van der Waals surface area contributed by atoms with E-state index >= 15 is 0 Å². The number of hydrogen-bond acceptors (Lipinski definition) is 3. The van der Waals surface area contributed by atoms with Crippen molar-refractivity contribution in [3.8, 4) is 0 Å². The van der Waals surface area contributed by atoms with E-state index in [0.29, 0.717) is 0 Å². The molecule has 2 saturated carbocycles. The van der Waals surface area contributed by atoms with Crippen LogP contribution in [0.5, 0.6) is 0 Å². The van der Waals surface area contributed by atoms with Crippen LogP contribution >= 0.6 is 8.46 Å². The van der Waals surface area contributed by atoms with Gasteiger partial charge in [-0.2, -0.15) is 0 Å². The van der Waals surface area contributed by atoms with E-state index in [4.69, 9.17) is 11.5 Å². The number of rotatable bonds is 3. The second-order valence-corrected chi connectivity index (χ2v) is 7.89. The van der Waals surface area contributed by atoms with Gasteiger partial charge in [0.1, 0.15) is 0 Å². The molecule has 22 heavy (non-hydrogen) atoms. The summed E-state index contributed by atoms with van der Waals surface area (Å²) in [6, 6.07) is 6.08. The van der Waals surface area contributed by atoms with Gasteiger partial charge in [-0.05, 0) is 42.9 Å². The summed E-state index contributed by atoms with van der Waals surface area (Å²) in [6.45, 7) is 0. The van der Waals surface area contributed by atoms with Crippen LogP contribution in [0.2, 0.25) is 0 Å². The van der Waals surface area contributed by atoms with Crippen LogP contribution in [0.3, 0.4) is 0 Å². The van der Waals surface area contributed by atoms with Crippen LogP contribution in [0.4, 0.5) is 0 Å². The van der Waals surface area contributed by atoms with Crippen molar-refractivity contribution in [3.63, 3.8) is 0 Å². The molecule has 0 spiro atoms. The molecule has 1 aromatic rings. The molecule has 2 aliphatic rings. The Bertz CT molecular complexity index is 546. The highest BCUT2D eigenvalue weighted by atomic mass is 31.1. The summed E-state index contributed by atoms with van der Waals surface area (Å²) < 4.78 is 11.8. The molecule has 0 unspecified atom stereocenters. The summed E-state index contributed by atoms with van der Waals surface area (Å²) in [6.07, 6.45) is 11.1. The Labute approximate surface area is 135 Å². The van der Waals surface area contributed by atoms with Gasteiger partial charge in [-0.15, -0.1) is 0 Å². The van der Waals surface area contributed by atoms with Gasteiger partial charge in [-0.1, -0.05) is 50.7 Å². The average Bonchev–Trinajstić information content (AvgIpc) is 2.55. The zero-order valence-electron chi connectivity index (χ0n) is 13.3. The quantitative estimate of drug-likeness (QED) is 0.832. The predicted molar refractivity (Wildman–Crippen MR) is 91.6 cm³/mol. The number of nitrogens with two attached hydrogens (primary N) is 2. The minimum absolute atomic E-state index is 0.0622. The van der Waals surface area contributed by atoms with Gasteiger partial charge in [0.25, 0.3) is 0 Å². The molecule has 0 radical (unpaired) electrons. The third kappa shape index (κ3) is 2.87. The van der Waals surface area contributed by atoms with Crippen LogP contribution in [0, 0.1) is 0 Å². The molecule has 0 amide bonds. The molecule has 2 fully saturated rings. The summed E-state index contributed by atoms with van der Waals surface area (Å²) in [4.78, 5) is 0. The summed E-state index contributed by atoms with van der Waals surface area (Å²) in [5, 5.41) is 0.845. The zero-order chi connectivity index (χ0) is 15.6. The molecule has 4 N–H and O–H groups in total. The molecule has 0 aromatic heterocycles. The Morgan fingerprint density at radius 1 is 0.818 bits per heavy atom. The third-order valence-corrected chi connectivity index (χ3v) is 6.24. The van der Waals surface area contributed by atoms with Crippen LogP contribution in [-0.4, -0.2) is 0 Å². The predicted octanol–water partition coefficient (Wildman–Crippen LogP) is 3.84. The smallest absolute Gasteiger partial charge is 0.192 e. The first-order valence-electron chi connectivity index (χ1n) is 8.64. The molecule has 0 bridgehead atoms. The maximum absolute atomic E-state index is 11.8. The van der Waals surface area contributed by atoms with Crippen LogP contribution < -0.4 is 16.8 Å². The number of benzene rings is 1. The van der Waals surface area contributed by atoms with Crippen LogP contribution in [0.1, 0.15) is 75.3 Å². The molecule has 0 heterocycles. The standard InChI is InChI=1S/C18H27N2OP/c19-17(10-3-1-4-11-17)14-8-7-9-15(22-21)16(14)18(20)12-5-2-6-13-18/h7-9H,1-6,10-13,19-20H2. The van der Waals surface area contributed by atoms with Crippen molar-refractivity contribution in [2.24, 2.45) is 11.5 Å². The molecule has 4 heteroatoms. The van der Waals surface area contributed by atoms with Gasteiger partial charge in [0.05, 0.1) is 0 Å². The van der Waals surface area contributed by atoms with Crippen LogP contribution in [-0.2, 0) is 15.6 Å². The highest BCUT2D eigenvalue weighted by molar-refractivity contribution is 7.34. The summed E-state index contributed by atoms with van der Waals surface area (Å²) in [7, 11) is 0.0622. The molecule has 3 nitrogen and oxygen atoms in total. The van der Waals surface area contributed by atoms with E-state index in [9.17, 15) is 4.57 Å². The highest BCUT2D eigenvalue weighted by Gasteiger charge is 2.39. The summed E-state index contributed by atoms with van der Waals surface area (Å²) in [5.74, 6) is 0. The monoisotopic (exact) mass is 318 g/mol. The van der Waals surface area contributed by atoms with Gasteiger partial charge in [0.15, 0.2) is 8.46 Å². The van der Waals surface area contributed by atoms with Gasteiger partial charge in [0, 0.05) is 16.4 Å². The molecular formula is C18H27N2OP. The second kappa shape index (κ2) is 6.39. The number of hydrogen-bond donors (Lipinski definition) is 2. The van der Waals surface area contributed by atoms with Crippen molar-refractivity contribution in [2.75, 3.05) is 0 Å². The zero-order valence-corrected chi connectivity index (χ0v) is 14.2. The first kappa shape index (κ1) is 16.1. The lowest BCUT2D eigenvalue weighted by Gasteiger charge is -2.42. The van der Waals surface area contributed by atoms with Gasteiger partial charge in [-0.3, -0.25) is 4.57 Å². The lowest BCUT2D eigenvalue weighted by molar-refractivity contribution is 0.272. The SMILES string of the molecule is NC1(c2cccc(P=O)c2C2(N)CCCCC2)CCCCC1. The van der Waals surface area contributed by atoms with E-state index in [0.717, 1.165) is 55.0 Å². The minimum atomic E-state index is -0.356. The fraction of sp³-hybridized carbons (Fsp3) is 0.667. The molecule has 0 atom stereocenters. The van der Waals surface area contributed by atoms with Gasteiger partial charge < -0.3 is 11.5 Å². The van der Waals surface area contributed by atoms with Crippen molar-refractivity contribution in [1.29, 1.82) is 0 Å². The second-order valence-electron chi connectivity index (χ2n) is 7.22. The molecular weight excluding hydrogens is 291 g/mol. The Kier molecular flexibility index (Phi) is 4.68. The van der Waals surface area contributed by atoms with Gasteiger partial charge in [0.2, 0.25) is 0 Å². The van der Waals surface area contributed by atoms with E-state index in [-0.39, 0.29) is 19.5 Å². The summed E-state index contributed by atoms with van der Waals surface area (Å²) in [5.41, 5.74) is 15.2. The Hall–Kier alpha value is -0.760. The first-order chi connectivity index (χ1) is 10.6. The van der Waals surface area contributed by atoms with Crippen molar-refractivity contribution in [2.45, 2.75) is 75.3 Å². The maximum Gasteiger partial charge on any atom is 0.192 e. The average molecular weight is 318 g/mol. The molecule has 3 rings (SSSR count). The van der Waals surface area contributed by atoms with Crippen molar-refractivity contribution in [1.82, 2.24) is 0 Å². The van der Waals surface area contributed by atoms with Crippen molar-refractivity contribution in [3.05, 3.63) is 29.3 Å². The van der Waals surface area contributed by atoms with Crippen LogP contribution in [0.15, 0.2) is 18.2 Å². The fourth-order valence-corrected chi connectivity index (χ4v) is 5.02. The lowest BCUT2D eigenvalue weighted by Crippen LogP contribution is -2.47. The largest absolute Gasteiger partial charge is 0.321 e. The van der Waals surface area contributed by atoms with E-state index in [1.54, 1.807) is 0 Å². The Morgan fingerprint density at radius 3 is 1.91 bits per heavy atom. The molecule has 0 aliphatic heterocycles. The highest BCUT2D eigenvalue weighted by Crippen LogP contribution is 2.43.